The molecular weight excluding hydrogens is 484 g/mol. The molecule has 2 amide bonds. The van der Waals surface area contributed by atoms with E-state index in [-0.39, 0.29) is 18.0 Å². The number of anilines is 2. The Morgan fingerprint density at radius 1 is 1.08 bits per heavy atom. The van der Waals surface area contributed by atoms with Crippen molar-refractivity contribution in [2.24, 2.45) is 0 Å². The van der Waals surface area contributed by atoms with Crippen LogP contribution in [0.4, 0.5) is 16.6 Å². The predicted octanol–water partition coefficient (Wildman–Crippen LogP) is 3.71. The third-order valence-electron chi connectivity index (χ3n) is 7.86. The quantitative estimate of drug-likeness (QED) is 0.491. The minimum absolute atomic E-state index is 0.0248. The Bertz CT molecular complexity index is 1330. The second kappa shape index (κ2) is 10.2. The number of aromatic nitrogens is 4. The Labute approximate surface area is 221 Å². The van der Waals surface area contributed by atoms with Crippen LogP contribution in [0.15, 0.2) is 30.6 Å². The molecular formula is C27H34N8O3. The number of likely N-dealkylation sites (tertiary alicyclic amines) is 1. The summed E-state index contributed by atoms with van der Waals surface area (Å²) >= 11 is 0. The summed E-state index contributed by atoms with van der Waals surface area (Å²) in [5, 5.41) is 7.40. The number of fused-ring (bicyclic) bond motifs is 3. The van der Waals surface area contributed by atoms with E-state index in [9.17, 15) is 9.59 Å². The fraction of sp³-hybridized carbons (Fsp3) is 0.519. The lowest BCUT2D eigenvalue weighted by atomic mass is 10.1. The van der Waals surface area contributed by atoms with E-state index in [0.29, 0.717) is 29.3 Å². The van der Waals surface area contributed by atoms with Gasteiger partial charge in [0, 0.05) is 69.2 Å². The summed E-state index contributed by atoms with van der Waals surface area (Å²) in [5.41, 5.74) is 1.30. The third-order valence-corrected chi connectivity index (χ3v) is 7.86. The van der Waals surface area contributed by atoms with Crippen LogP contribution in [-0.4, -0.2) is 80.6 Å². The van der Waals surface area contributed by atoms with Crippen molar-refractivity contribution >= 4 is 34.8 Å². The van der Waals surface area contributed by atoms with Gasteiger partial charge in [0.05, 0.1) is 5.56 Å². The molecule has 0 spiro atoms. The van der Waals surface area contributed by atoms with Crippen LogP contribution >= 0.6 is 0 Å². The van der Waals surface area contributed by atoms with Crippen molar-refractivity contribution in [2.75, 3.05) is 32.5 Å². The maximum Gasteiger partial charge on any atom is 0.415 e. The van der Waals surface area contributed by atoms with E-state index in [2.05, 4.69) is 25.2 Å². The number of hydrogen-bond acceptors (Lipinski definition) is 8. The number of pyridine rings is 1. The predicted molar refractivity (Wildman–Crippen MR) is 143 cm³/mol. The average Bonchev–Trinajstić information content (AvgIpc) is 3.58. The van der Waals surface area contributed by atoms with Gasteiger partial charge in [0.1, 0.15) is 11.5 Å². The average molecular weight is 519 g/mol. The van der Waals surface area contributed by atoms with Crippen molar-refractivity contribution in [1.82, 2.24) is 34.6 Å². The maximum absolute atomic E-state index is 13.0. The minimum Gasteiger partial charge on any atom is -0.393 e. The Morgan fingerprint density at radius 2 is 1.89 bits per heavy atom. The van der Waals surface area contributed by atoms with Crippen LogP contribution in [0.25, 0.3) is 11.0 Å². The zero-order chi connectivity index (χ0) is 26.2. The van der Waals surface area contributed by atoms with Crippen molar-refractivity contribution in [1.29, 1.82) is 0 Å². The number of ether oxygens (including phenoxy) is 1. The highest BCUT2D eigenvalue weighted by atomic mass is 16.6. The monoisotopic (exact) mass is 518 g/mol. The Morgan fingerprint density at radius 3 is 2.55 bits per heavy atom. The van der Waals surface area contributed by atoms with E-state index in [1.165, 1.54) is 17.7 Å². The fourth-order valence-electron chi connectivity index (χ4n) is 5.86. The molecule has 0 radical (unpaired) electrons. The third kappa shape index (κ3) is 4.78. The highest BCUT2D eigenvalue weighted by Gasteiger charge is 2.40. The standard InChI is InChI=1S/C27H34N8O3/c1-33(2)27(37)38-23-11-18-14-30-26(32-24(18)35(23)20-7-5-3-4-6-8-20)31-22-10-9-17(13-29-22)25(36)34-16-19-12-21(34)15-28-19/h9-11,13-14,19-21,28H,3-8,12,15-16H2,1-2H3,(H,29,30,31,32). The molecule has 11 heteroatoms. The molecule has 2 bridgehead atoms. The molecule has 1 saturated carbocycles. The van der Waals surface area contributed by atoms with Crippen LogP contribution in [-0.2, 0) is 0 Å². The Hall–Kier alpha value is -3.73. The van der Waals surface area contributed by atoms with Gasteiger partial charge in [-0.05, 0) is 31.4 Å². The summed E-state index contributed by atoms with van der Waals surface area (Å²) in [6.45, 7) is 1.62. The zero-order valence-corrected chi connectivity index (χ0v) is 21.9. The van der Waals surface area contributed by atoms with Crippen LogP contribution < -0.4 is 15.4 Å². The number of hydrogen-bond donors (Lipinski definition) is 2. The lowest BCUT2D eigenvalue weighted by Gasteiger charge is -2.27. The second-order valence-corrected chi connectivity index (χ2v) is 10.7. The summed E-state index contributed by atoms with van der Waals surface area (Å²) in [6, 6.07) is 6.29. The summed E-state index contributed by atoms with van der Waals surface area (Å²) in [7, 11) is 3.34. The lowest BCUT2D eigenvalue weighted by Crippen LogP contribution is -2.46. The van der Waals surface area contributed by atoms with Crippen molar-refractivity contribution in [3.63, 3.8) is 0 Å². The molecule has 2 saturated heterocycles. The molecule has 3 fully saturated rings. The van der Waals surface area contributed by atoms with Gasteiger partial charge in [-0.25, -0.2) is 14.8 Å². The topological polar surface area (TPSA) is 118 Å². The highest BCUT2D eigenvalue weighted by Crippen LogP contribution is 2.36. The number of rotatable bonds is 5. The van der Waals surface area contributed by atoms with E-state index in [1.807, 2.05) is 11.0 Å². The Balaban J connectivity index is 1.25. The van der Waals surface area contributed by atoms with Crippen LogP contribution in [0.3, 0.4) is 0 Å². The second-order valence-electron chi connectivity index (χ2n) is 10.7. The van der Waals surface area contributed by atoms with Crippen LogP contribution in [0.5, 0.6) is 5.88 Å². The molecule has 3 aromatic rings. The van der Waals surface area contributed by atoms with Gasteiger partial charge in [0.15, 0.2) is 0 Å². The normalized spacial score (nSPS) is 21.5. The molecule has 2 atom stereocenters. The molecule has 3 aliphatic rings. The molecule has 3 aromatic heterocycles. The van der Waals surface area contributed by atoms with Gasteiger partial charge >= 0.3 is 6.09 Å². The number of carbonyl (C=O) groups excluding carboxylic acids is 2. The van der Waals surface area contributed by atoms with Crippen LogP contribution in [0, 0.1) is 0 Å². The van der Waals surface area contributed by atoms with Crippen molar-refractivity contribution in [3.05, 3.63) is 36.2 Å². The lowest BCUT2D eigenvalue weighted by molar-refractivity contribution is 0.0715. The van der Waals surface area contributed by atoms with Gasteiger partial charge in [-0.1, -0.05) is 25.7 Å². The van der Waals surface area contributed by atoms with Gasteiger partial charge in [-0.2, -0.15) is 4.98 Å². The van der Waals surface area contributed by atoms with Crippen molar-refractivity contribution < 1.29 is 14.3 Å². The SMILES string of the molecule is CN(C)C(=O)Oc1cc2cnc(Nc3ccc(C(=O)N4CC5CC4CN5)cn3)nc2n1C1CCCCCC1. The number of piperazine rings is 1. The van der Waals surface area contributed by atoms with Gasteiger partial charge in [-0.3, -0.25) is 9.36 Å². The summed E-state index contributed by atoms with van der Waals surface area (Å²) in [4.78, 5) is 42.5. The van der Waals surface area contributed by atoms with Gasteiger partial charge in [-0.15, -0.1) is 0 Å². The Kier molecular flexibility index (Phi) is 6.61. The molecule has 1 aliphatic carbocycles. The van der Waals surface area contributed by atoms with Crippen LogP contribution in [0.2, 0.25) is 0 Å². The first-order valence-corrected chi connectivity index (χ1v) is 13.5. The van der Waals surface area contributed by atoms with Crippen LogP contribution in [0.1, 0.15) is 61.3 Å². The molecule has 11 nitrogen and oxygen atoms in total. The molecule has 0 aromatic carbocycles. The molecule has 2 aliphatic heterocycles. The zero-order valence-electron chi connectivity index (χ0n) is 21.9. The van der Waals surface area contributed by atoms with Gasteiger partial charge in [0.25, 0.3) is 5.91 Å². The van der Waals surface area contributed by atoms with Crippen molar-refractivity contribution in [2.45, 2.75) is 63.1 Å². The molecule has 200 valence electrons. The number of nitrogens with zero attached hydrogens (tertiary/aromatic N) is 6. The highest BCUT2D eigenvalue weighted by molar-refractivity contribution is 5.94. The molecule has 6 rings (SSSR count). The van der Waals surface area contributed by atoms with Gasteiger partial charge < -0.3 is 25.2 Å². The van der Waals surface area contributed by atoms with E-state index in [1.54, 1.807) is 38.6 Å². The first-order chi connectivity index (χ1) is 18.5. The van der Waals surface area contributed by atoms with Gasteiger partial charge in [0.2, 0.25) is 11.8 Å². The summed E-state index contributed by atoms with van der Waals surface area (Å²) in [6.07, 6.45) is 10.6. The smallest absolute Gasteiger partial charge is 0.393 e. The largest absolute Gasteiger partial charge is 0.415 e. The van der Waals surface area contributed by atoms with E-state index in [4.69, 9.17) is 9.72 Å². The molecule has 2 unspecified atom stereocenters. The molecule has 38 heavy (non-hydrogen) atoms. The maximum atomic E-state index is 13.0. The number of amides is 2. The first-order valence-electron chi connectivity index (χ1n) is 13.5. The van der Waals surface area contributed by atoms with E-state index in [0.717, 1.165) is 56.2 Å². The van der Waals surface area contributed by atoms with E-state index < -0.39 is 6.09 Å². The van der Waals surface area contributed by atoms with E-state index >= 15 is 0 Å². The fourth-order valence-corrected chi connectivity index (χ4v) is 5.86. The molecule has 5 heterocycles. The first kappa shape index (κ1) is 24.6. The summed E-state index contributed by atoms with van der Waals surface area (Å²) in [5.74, 6) is 1.46. The number of nitrogens with one attached hydrogen (secondary N) is 2. The summed E-state index contributed by atoms with van der Waals surface area (Å²) < 4.78 is 7.81. The minimum atomic E-state index is -0.425. The number of carbonyl (C=O) groups is 2. The van der Waals surface area contributed by atoms with Crippen molar-refractivity contribution in [3.8, 4) is 5.88 Å². The molecule has 2 N–H and O–H groups in total.